The van der Waals surface area contributed by atoms with Crippen molar-refractivity contribution in [2.75, 3.05) is 13.1 Å². The summed E-state index contributed by atoms with van der Waals surface area (Å²) in [6.45, 7) is 11.7. The van der Waals surface area contributed by atoms with Gasteiger partial charge in [-0.15, -0.1) is 0 Å². The summed E-state index contributed by atoms with van der Waals surface area (Å²) in [5, 5.41) is 11.9. The molecule has 0 radical (unpaired) electrons. The molecule has 0 aromatic heterocycles. The molecular weight excluding hydrogens is 398 g/mol. The molecule has 4 heteroatoms. The molecule has 2 aromatic carbocycles. The fourth-order valence-corrected chi connectivity index (χ4v) is 5.64. The molecular formula is C28H39NO3. The van der Waals surface area contributed by atoms with Crippen LogP contribution < -0.4 is 4.74 Å². The maximum atomic E-state index is 11.4. The third kappa shape index (κ3) is 5.11. The van der Waals surface area contributed by atoms with Gasteiger partial charge in [0.05, 0.1) is 12.0 Å². The van der Waals surface area contributed by atoms with E-state index in [1.807, 2.05) is 0 Å². The van der Waals surface area contributed by atoms with E-state index < -0.39 is 5.97 Å². The Bertz CT molecular complexity index is 945. The van der Waals surface area contributed by atoms with Crippen LogP contribution in [0.3, 0.4) is 0 Å². The van der Waals surface area contributed by atoms with Crippen molar-refractivity contribution >= 4 is 16.7 Å². The van der Waals surface area contributed by atoms with E-state index >= 15 is 0 Å². The van der Waals surface area contributed by atoms with Crippen molar-refractivity contribution in [3.05, 3.63) is 41.5 Å². The molecule has 1 heterocycles. The number of carboxylic acid groups (broad SMARTS) is 1. The molecule has 0 amide bonds. The van der Waals surface area contributed by atoms with Gasteiger partial charge in [0.1, 0.15) is 5.75 Å². The first-order chi connectivity index (χ1) is 15.2. The Balaban J connectivity index is 1.55. The van der Waals surface area contributed by atoms with E-state index in [0.717, 1.165) is 57.0 Å². The molecule has 0 unspecified atom stereocenters. The van der Waals surface area contributed by atoms with Gasteiger partial charge in [0.15, 0.2) is 0 Å². The minimum absolute atomic E-state index is 0.199. The third-order valence-corrected chi connectivity index (χ3v) is 7.83. The number of ether oxygens (including phenoxy) is 1. The first kappa shape index (κ1) is 23.1. The zero-order valence-corrected chi connectivity index (χ0v) is 20.2. The van der Waals surface area contributed by atoms with Crippen LogP contribution in [0.4, 0.5) is 0 Å². The van der Waals surface area contributed by atoms with Crippen molar-refractivity contribution in [1.29, 1.82) is 0 Å². The summed E-state index contributed by atoms with van der Waals surface area (Å²) in [6, 6.07) is 10.9. The summed E-state index contributed by atoms with van der Waals surface area (Å²) in [4.78, 5) is 13.8. The molecule has 2 fully saturated rings. The van der Waals surface area contributed by atoms with Gasteiger partial charge in [-0.2, -0.15) is 0 Å². The Labute approximate surface area is 192 Å². The molecule has 1 saturated heterocycles. The largest absolute Gasteiger partial charge is 0.490 e. The van der Waals surface area contributed by atoms with E-state index in [1.165, 1.54) is 34.7 Å². The molecule has 1 aliphatic heterocycles. The number of carbonyl (C=O) groups is 1. The number of aliphatic carboxylic acids is 1. The lowest BCUT2D eigenvalue weighted by atomic mass is 9.72. The fraction of sp³-hybridized carbons (Fsp3) is 0.607. The van der Waals surface area contributed by atoms with E-state index in [9.17, 15) is 9.90 Å². The fourth-order valence-electron chi connectivity index (χ4n) is 5.64. The highest BCUT2D eigenvalue weighted by atomic mass is 16.5. The summed E-state index contributed by atoms with van der Waals surface area (Å²) in [6.07, 6.45) is 6.45. The minimum Gasteiger partial charge on any atom is -0.490 e. The van der Waals surface area contributed by atoms with Gasteiger partial charge in [0.25, 0.3) is 0 Å². The maximum absolute atomic E-state index is 11.4. The Hall–Kier alpha value is -2.07. The first-order valence-corrected chi connectivity index (χ1v) is 12.4. The van der Waals surface area contributed by atoms with Crippen molar-refractivity contribution in [2.24, 2.45) is 17.3 Å². The number of benzene rings is 2. The zero-order chi connectivity index (χ0) is 22.9. The molecule has 0 spiro atoms. The van der Waals surface area contributed by atoms with Crippen LogP contribution in [0, 0.1) is 24.2 Å². The molecule has 2 aromatic rings. The van der Waals surface area contributed by atoms with Crippen LogP contribution in [0.15, 0.2) is 30.3 Å². The van der Waals surface area contributed by atoms with Crippen LogP contribution in [0.5, 0.6) is 5.75 Å². The highest BCUT2D eigenvalue weighted by Crippen LogP contribution is 2.40. The van der Waals surface area contributed by atoms with Gasteiger partial charge in [-0.05, 0) is 92.3 Å². The highest BCUT2D eigenvalue weighted by molar-refractivity contribution is 5.90. The van der Waals surface area contributed by atoms with Crippen LogP contribution in [0.25, 0.3) is 10.8 Å². The topological polar surface area (TPSA) is 49.8 Å². The van der Waals surface area contributed by atoms with Crippen LogP contribution in [-0.2, 0) is 11.3 Å². The lowest BCUT2D eigenvalue weighted by molar-refractivity contribution is -0.143. The van der Waals surface area contributed by atoms with Crippen molar-refractivity contribution in [3.8, 4) is 5.75 Å². The lowest BCUT2D eigenvalue weighted by Crippen LogP contribution is -2.36. The molecule has 32 heavy (non-hydrogen) atoms. The number of fused-ring (bicyclic) bond motifs is 1. The van der Waals surface area contributed by atoms with Crippen molar-refractivity contribution in [2.45, 2.75) is 78.9 Å². The second-order valence-corrected chi connectivity index (χ2v) is 11.1. The van der Waals surface area contributed by atoms with E-state index in [4.69, 9.17) is 4.74 Å². The zero-order valence-electron chi connectivity index (χ0n) is 20.2. The predicted octanol–water partition coefficient (Wildman–Crippen LogP) is 6.43. The van der Waals surface area contributed by atoms with Gasteiger partial charge in [-0.3, -0.25) is 9.69 Å². The van der Waals surface area contributed by atoms with Gasteiger partial charge in [-0.1, -0.05) is 45.0 Å². The van der Waals surface area contributed by atoms with E-state index in [0.29, 0.717) is 5.41 Å². The number of rotatable bonds is 5. The monoisotopic (exact) mass is 437 g/mol. The summed E-state index contributed by atoms with van der Waals surface area (Å²) < 4.78 is 6.72. The Morgan fingerprint density at radius 1 is 1.03 bits per heavy atom. The van der Waals surface area contributed by atoms with E-state index in [2.05, 4.69) is 62.9 Å². The number of carboxylic acids is 1. The van der Waals surface area contributed by atoms with Crippen LogP contribution in [-0.4, -0.2) is 35.2 Å². The molecule has 4 nitrogen and oxygen atoms in total. The Kier molecular flexibility index (Phi) is 6.80. The van der Waals surface area contributed by atoms with Gasteiger partial charge >= 0.3 is 5.97 Å². The van der Waals surface area contributed by atoms with Crippen LogP contribution in [0.1, 0.15) is 70.4 Å². The average Bonchev–Trinajstić information content (AvgIpc) is 2.76. The summed E-state index contributed by atoms with van der Waals surface area (Å²) in [5.41, 5.74) is 2.89. The summed E-state index contributed by atoms with van der Waals surface area (Å²) in [7, 11) is 0. The number of likely N-dealkylation sites (tertiary alicyclic amines) is 1. The molecule has 2 aliphatic rings. The molecule has 174 valence electrons. The standard InChI is InChI=1S/C28H39NO3/c1-19-17-26(32-22-11-9-21(10-12-22)28(2,3)4)25(24-8-6-5-7-23(19)24)18-29-15-13-20(14-16-29)27(30)31/h5-8,17,20-22H,9-16,18H2,1-4H3,(H,30,31)/t21-,22-. The summed E-state index contributed by atoms with van der Waals surface area (Å²) >= 11 is 0. The maximum Gasteiger partial charge on any atom is 0.306 e. The van der Waals surface area contributed by atoms with Crippen LogP contribution >= 0.6 is 0 Å². The number of nitrogens with zero attached hydrogens (tertiary/aromatic N) is 1. The molecule has 1 saturated carbocycles. The molecule has 1 N–H and O–H groups in total. The summed E-state index contributed by atoms with van der Waals surface area (Å²) in [5.74, 6) is 0.950. The second-order valence-electron chi connectivity index (χ2n) is 11.1. The molecule has 0 bridgehead atoms. The lowest BCUT2D eigenvalue weighted by Gasteiger charge is -2.37. The molecule has 1 aliphatic carbocycles. The quantitative estimate of drug-likeness (QED) is 0.586. The van der Waals surface area contributed by atoms with Crippen LogP contribution in [0.2, 0.25) is 0 Å². The average molecular weight is 438 g/mol. The van der Waals surface area contributed by atoms with Gasteiger partial charge in [0, 0.05) is 12.1 Å². The van der Waals surface area contributed by atoms with E-state index in [-0.39, 0.29) is 12.0 Å². The molecule has 0 atom stereocenters. The van der Waals surface area contributed by atoms with Gasteiger partial charge < -0.3 is 9.84 Å². The van der Waals surface area contributed by atoms with E-state index in [1.54, 1.807) is 0 Å². The van der Waals surface area contributed by atoms with Gasteiger partial charge in [0.2, 0.25) is 0 Å². The first-order valence-electron chi connectivity index (χ1n) is 12.4. The molecule has 4 rings (SSSR count). The Morgan fingerprint density at radius 3 is 2.25 bits per heavy atom. The SMILES string of the molecule is Cc1cc(O[C@H]2CC[C@H](C(C)(C)C)CC2)c(CN2CCC(C(=O)O)CC2)c2ccccc12. The predicted molar refractivity (Wildman–Crippen MR) is 130 cm³/mol. The van der Waals surface area contributed by atoms with Gasteiger partial charge in [-0.25, -0.2) is 0 Å². The third-order valence-electron chi connectivity index (χ3n) is 7.83. The number of hydrogen-bond donors (Lipinski definition) is 1. The smallest absolute Gasteiger partial charge is 0.306 e. The van der Waals surface area contributed by atoms with Crippen molar-refractivity contribution < 1.29 is 14.6 Å². The highest BCUT2D eigenvalue weighted by Gasteiger charge is 2.31. The normalized spacial score (nSPS) is 23.4. The number of piperidine rings is 1. The second kappa shape index (κ2) is 9.43. The Morgan fingerprint density at radius 2 is 1.66 bits per heavy atom. The van der Waals surface area contributed by atoms with Crippen molar-refractivity contribution in [3.63, 3.8) is 0 Å². The minimum atomic E-state index is -0.652. The van der Waals surface area contributed by atoms with Crippen molar-refractivity contribution in [1.82, 2.24) is 4.90 Å². The number of hydrogen-bond acceptors (Lipinski definition) is 3. The number of aryl methyl sites for hydroxylation is 1.